The number of fused-ring (bicyclic) bond motifs is 24. The van der Waals surface area contributed by atoms with Crippen molar-refractivity contribution in [3.63, 3.8) is 0 Å². The first-order valence-electron chi connectivity index (χ1n) is 20.5. The van der Waals surface area contributed by atoms with E-state index >= 15 is 0 Å². The second-order valence-electron chi connectivity index (χ2n) is 16.3. The van der Waals surface area contributed by atoms with Crippen molar-refractivity contribution >= 4 is 37.5 Å². The monoisotopic (exact) mass is 810 g/mol. The van der Waals surface area contributed by atoms with Gasteiger partial charge in [-0.3, -0.25) is 0 Å². The molecule has 0 unspecified atom stereocenters. The summed E-state index contributed by atoms with van der Waals surface area (Å²) < 4.78 is 1.16. The lowest BCUT2D eigenvalue weighted by Gasteiger charge is -2.30. The summed E-state index contributed by atoms with van der Waals surface area (Å²) in [5, 5.41) is 5.23. The van der Waals surface area contributed by atoms with Crippen LogP contribution < -0.4 is 0 Å². The molecule has 0 N–H and O–H groups in total. The van der Waals surface area contributed by atoms with Crippen LogP contribution in [0.4, 0.5) is 0 Å². The Labute approximate surface area is 352 Å². The quantitative estimate of drug-likeness (QED) is 0.143. The minimum Gasteiger partial charge on any atom is -0.0619 e. The van der Waals surface area contributed by atoms with E-state index in [9.17, 15) is 0 Å². The number of rotatable bonds is 0. The van der Waals surface area contributed by atoms with Gasteiger partial charge in [0.1, 0.15) is 0 Å². The zero-order valence-electron chi connectivity index (χ0n) is 32.1. The third-order valence-electron chi connectivity index (χ3n) is 13.8. The molecule has 274 valence electrons. The molecule has 0 atom stereocenters. The van der Waals surface area contributed by atoms with E-state index in [4.69, 9.17) is 0 Å². The van der Waals surface area contributed by atoms with E-state index in [1.54, 1.807) is 0 Å². The molecular formula is C58H35Br. The van der Waals surface area contributed by atoms with Crippen molar-refractivity contribution in [2.45, 2.75) is 10.8 Å². The Balaban J connectivity index is 0.000000122. The van der Waals surface area contributed by atoms with Crippen LogP contribution in [0.15, 0.2) is 217 Å². The molecule has 2 spiro atoms. The lowest BCUT2D eigenvalue weighted by molar-refractivity contribution is 0.794. The van der Waals surface area contributed by atoms with Crippen LogP contribution in [0.3, 0.4) is 0 Å². The van der Waals surface area contributed by atoms with E-state index < -0.39 is 0 Å². The fourth-order valence-corrected chi connectivity index (χ4v) is 12.3. The number of benzene rings is 10. The molecule has 59 heavy (non-hydrogen) atoms. The highest BCUT2D eigenvalue weighted by atomic mass is 79.9. The van der Waals surface area contributed by atoms with Crippen LogP contribution in [0.25, 0.3) is 66.1 Å². The normalized spacial score (nSPS) is 14.5. The van der Waals surface area contributed by atoms with E-state index in [2.05, 4.69) is 228 Å². The molecule has 0 nitrogen and oxygen atoms in total. The average Bonchev–Trinajstić information content (AvgIpc) is 3.98. The molecular weight excluding hydrogens is 777 g/mol. The van der Waals surface area contributed by atoms with Crippen molar-refractivity contribution in [3.8, 4) is 44.5 Å². The third kappa shape index (κ3) is 4.08. The van der Waals surface area contributed by atoms with Gasteiger partial charge in [-0.15, -0.1) is 0 Å². The van der Waals surface area contributed by atoms with E-state index in [0.29, 0.717) is 0 Å². The Morgan fingerprint density at radius 3 is 1.08 bits per heavy atom. The van der Waals surface area contributed by atoms with Crippen LogP contribution >= 0.6 is 15.9 Å². The highest BCUT2D eigenvalue weighted by Crippen LogP contribution is 2.65. The lowest BCUT2D eigenvalue weighted by Crippen LogP contribution is -2.25. The maximum Gasteiger partial charge on any atom is 0.0726 e. The molecule has 0 saturated carbocycles. The summed E-state index contributed by atoms with van der Waals surface area (Å²) in [6, 6.07) is 78.4. The van der Waals surface area contributed by atoms with Crippen molar-refractivity contribution < 1.29 is 0 Å². The molecule has 0 fully saturated rings. The van der Waals surface area contributed by atoms with Gasteiger partial charge in [0.2, 0.25) is 0 Å². The third-order valence-corrected chi connectivity index (χ3v) is 14.5. The largest absolute Gasteiger partial charge is 0.0726 e. The zero-order valence-corrected chi connectivity index (χ0v) is 33.7. The van der Waals surface area contributed by atoms with Crippen LogP contribution in [0.5, 0.6) is 0 Å². The van der Waals surface area contributed by atoms with E-state index in [-0.39, 0.29) is 10.8 Å². The molecule has 4 aliphatic rings. The van der Waals surface area contributed by atoms with Crippen molar-refractivity contribution in [2.75, 3.05) is 0 Å². The van der Waals surface area contributed by atoms with Gasteiger partial charge >= 0.3 is 0 Å². The fraction of sp³-hybridized carbons (Fsp3) is 0.0345. The van der Waals surface area contributed by atoms with Crippen LogP contribution in [0, 0.1) is 0 Å². The van der Waals surface area contributed by atoms with Gasteiger partial charge in [0.25, 0.3) is 0 Å². The summed E-state index contributed by atoms with van der Waals surface area (Å²) in [5.74, 6) is 0. The second kappa shape index (κ2) is 12.1. The molecule has 0 radical (unpaired) electrons. The number of halogens is 1. The van der Waals surface area contributed by atoms with Crippen LogP contribution in [0.1, 0.15) is 44.5 Å². The van der Waals surface area contributed by atoms with Gasteiger partial charge in [0.05, 0.1) is 10.8 Å². The highest BCUT2D eigenvalue weighted by Gasteiger charge is 2.53. The van der Waals surface area contributed by atoms with Crippen molar-refractivity contribution in [1.82, 2.24) is 0 Å². The van der Waals surface area contributed by atoms with Crippen molar-refractivity contribution in [3.05, 3.63) is 261 Å². The summed E-state index contributed by atoms with van der Waals surface area (Å²) in [6.07, 6.45) is 0. The molecule has 10 aromatic rings. The first-order chi connectivity index (χ1) is 29.2. The van der Waals surface area contributed by atoms with Crippen LogP contribution in [-0.2, 0) is 10.8 Å². The number of hydrogen-bond acceptors (Lipinski definition) is 0. The minimum atomic E-state index is -0.272. The zero-order chi connectivity index (χ0) is 38.9. The van der Waals surface area contributed by atoms with E-state index in [1.807, 2.05) is 0 Å². The average molecular weight is 812 g/mol. The molecule has 1 heteroatoms. The van der Waals surface area contributed by atoms with Crippen LogP contribution in [-0.4, -0.2) is 0 Å². The first kappa shape index (κ1) is 33.2. The van der Waals surface area contributed by atoms with Crippen LogP contribution in [0.2, 0.25) is 0 Å². The summed E-state index contributed by atoms with van der Waals surface area (Å²) in [5.41, 5.74) is 21.6. The van der Waals surface area contributed by atoms with Crippen molar-refractivity contribution in [2.24, 2.45) is 0 Å². The maximum absolute atomic E-state index is 3.91. The molecule has 14 rings (SSSR count). The van der Waals surface area contributed by atoms with E-state index in [0.717, 1.165) is 4.47 Å². The van der Waals surface area contributed by atoms with Gasteiger partial charge in [0.15, 0.2) is 0 Å². The first-order valence-corrected chi connectivity index (χ1v) is 21.3. The maximum atomic E-state index is 3.91. The highest BCUT2D eigenvalue weighted by molar-refractivity contribution is 9.10. The Kier molecular flexibility index (Phi) is 6.82. The fourth-order valence-electron chi connectivity index (χ4n) is 11.8. The van der Waals surface area contributed by atoms with Gasteiger partial charge < -0.3 is 0 Å². The number of hydrogen-bond donors (Lipinski definition) is 0. The SMILES string of the molecule is Brc1cc2c(c3ccccc13)-c1ccccc1C21c2ccccc2-c2ccccc21.c1ccc2c(c1)-c1ccccc1C21c2ccccc2-c2c1ccc1ccccc21. The summed E-state index contributed by atoms with van der Waals surface area (Å²) in [6.45, 7) is 0. The second-order valence-corrected chi connectivity index (χ2v) is 17.2. The Hall–Kier alpha value is -6.80. The van der Waals surface area contributed by atoms with Gasteiger partial charge in [-0.05, 0) is 117 Å². The molecule has 0 bridgehead atoms. The Bertz CT molecular complexity index is 3330. The van der Waals surface area contributed by atoms with Crippen molar-refractivity contribution in [1.29, 1.82) is 0 Å². The molecule has 0 aliphatic heterocycles. The summed E-state index contributed by atoms with van der Waals surface area (Å²) >= 11 is 3.91. The molecule has 0 aromatic heterocycles. The van der Waals surface area contributed by atoms with Gasteiger partial charge in [-0.2, -0.15) is 0 Å². The summed E-state index contributed by atoms with van der Waals surface area (Å²) in [4.78, 5) is 0. The summed E-state index contributed by atoms with van der Waals surface area (Å²) in [7, 11) is 0. The standard InChI is InChI=1S/C29H17Br.C29H18/c30-27-17-26-28(21-12-2-1-11-20(21)27)22-13-5-8-16-25(22)29(26)23-14-6-3-9-18(23)19-10-4-7-15-24(19)29;1-2-10-20-19(9-1)17-18-27-28(20)23-13-5-8-16-26(23)29(27)24-14-6-3-11-21(24)22-12-4-7-15-25(22)29/h1-17H;1-18H. The predicted octanol–water partition coefficient (Wildman–Crippen LogP) is 15.1. The lowest BCUT2D eigenvalue weighted by atomic mass is 9.70. The minimum absolute atomic E-state index is 0.233. The smallest absolute Gasteiger partial charge is 0.0619 e. The Morgan fingerprint density at radius 1 is 0.254 bits per heavy atom. The molecule has 10 aromatic carbocycles. The molecule has 0 heterocycles. The topological polar surface area (TPSA) is 0 Å². The molecule has 0 amide bonds. The van der Waals surface area contributed by atoms with Gasteiger partial charge in [0, 0.05) is 4.47 Å². The molecule has 0 saturated heterocycles. The predicted molar refractivity (Wildman–Crippen MR) is 248 cm³/mol. The molecule has 4 aliphatic carbocycles. The Morgan fingerprint density at radius 2 is 0.593 bits per heavy atom. The van der Waals surface area contributed by atoms with Gasteiger partial charge in [-0.1, -0.05) is 222 Å². The van der Waals surface area contributed by atoms with E-state index in [1.165, 1.54) is 111 Å². The van der Waals surface area contributed by atoms with Gasteiger partial charge in [-0.25, -0.2) is 0 Å².